The molecule has 0 aliphatic carbocycles. The fraction of sp³-hybridized carbons (Fsp3) is 0.562. The zero-order chi connectivity index (χ0) is 14.0. The van der Waals surface area contributed by atoms with Gasteiger partial charge in [0, 0.05) is 31.7 Å². The van der Waals surface area contributed by atoms with Crippen LogP contribution in [0.2, 0.25) is 0 Å². The Morgan fingerprint density at radius 3 is 2.68 bits per heavy atom. The van der Waals surface area contributed by atoms with Crippen molar-refractivity contribution >= 4 is 11.6 Å². The molecule has 0 saturated carbocycles. The van der Waals surface area contributed by atoms with Crippen LogP contribution in [0, 0.1) is 19.3 Å². The maximum atomic E-state index is 12.4. The van der Waals surface area contributed by atoms with E-state index in [4.69, 9.17) is 0 Å². The lowest BCUT2D eigenvalue weighted by Crippen LogP contribution is -2.47. The summed E-state index contributed by atoms with van der Waals surface area (Å²) in [5, 5.41) is 3.36. The number of carbonyl (C=O) groups excluding carboxylic acids is 1. The van der Waals surface area contributed by atoms with Crippen LogP contribution in [-0.4, -0.2) is 25.5 Å². The number of carbonyl (C=O) groups is 1. The van der Waals surface area contributed by atoms with Crippen molar-refractivity contribution in [2.24, 2.45) is 5.41 Å². The van der Waals surface area contributed by atoms with Gasteiger partial charge in [-0.2, -0.15) is 0 Å². The molecule has 1 N–H and O–H groups in total. The van der Waals surface area contributed by atoms with Crippen molar-refractivity contribution < 1.29 is 4.79 Å². The maximum absolute atomic E-state index is 12.4. The molecule has 1 aliphatic rings. The van der Waals surface area contributed by atoms with Gasteiger partial charge in [-0.1, -0.05) is 31.5 Å². The Morgan fingerprint density at radius 1 is 1.26 bits per heavy atom. The molecule has 1 saturated heterocycles. The van der Waals surface area contributed by atoms with Crippen LogP contribution in [0.3, 0.4) is 0 Å². The molecule has 0 aromatic heterocycles. The van der Waals surface area contributed by atoms with Gasteiger partial charge in [0.05, 0.1) is 0 Å². The molecule has 1 aliphatic heterocycles. The van der Waals surface area contributed by atoms with Crippen LogP contribution in [0.5, 0.6) is 0 Å². The minimum absolute atomic E-state index is 0.0907. The van der Waals surface area contributed by atoms with Crippen LogP contribution >= 0.6 is 0 Å². The van der Waals surface area contributed by atoms with Crippen LogP contribution in [0.15, 0.2) is 18.2 Å². The molecule has 104 valence electrons. The molecule has 2 rings (SSSR count). The summed E-state index contributed by atoms with van der Waals surface area (Å²) in [4.78, 5) is 14.3. The molecule has 1 aromatic carbocycles. The lowest BCUT2D eigenvalue weighted by Gasteiger charge is -2.36. The first-order chi connectivity index (χ1) is 8.89. The molecule has 0 atom stereocenters. The molecule has 0 spiro atoms. The van der Waals surface area contributed by atoms with Crippen LogP contribution in [-0.2, 0) is 4.79 Å². The Hall–Kier alpha value is -1.35. The predicted octanol–water partition coefficient (Wildman–Crippen LogP) is 2.66. The van der Waals surface area contributed by atoms with E-state index in [1.54, 1.807) is 0 Å². The van der Waals surface area contributed by atoms with Crippen molar-refractivity contribution in [3.05, 3.63) is 29.3 Å². The normalized spacial score (nSPS) is 20.0. The summed E-state index contributed by atoms with van der Waals surface area (Å²) >= 11 is 0. The topological polar surface area (TPSA) is 32.3 Å². The Bertz CT molecular complexity index is 480. The molecule has 1 fully saturated rings. The monoisotopic (exact) mass is 260 g/mol. The minimum Gasteiger partial charge on any atom is -0.316 e. The summed E-state index contributed by atoms with van der Waals surface area (Å²) in [5.74, 6) is 0.215. The molecular formula is C16H24N2O. The van der Waals surface area contributed by atoms with Crippen molar-refractivity contribution in [1.82, 2.24) is 5.32 Å². The molecule has 0 radical (unpaired) electrons. The Labute approximate surface area is 116 Å². The van der Waals surface area contributed by atoms with Crippen LogP contribution in [0.25, 0.3) is 0 Å². The first-order valence-corrected chi connectivity index (χ1v) is 6.97. The third-order valence-electron chi connectivity index (χ3n) is 3.65. The van der Waals surface area contributed by atoms with E-state index in [0.29, 0.717) is 6.42 Å². The van der Waals surface area contributed by atoms with Gasteiger partial charge in [-0.3, -0.25) is 4.79 Å². The molecule has 19 heavy (non-hydrogen) atoms. The van der Waals surface area contributed by atoms with Gasteiger partial charge >= 0.3 is 0 Å². The highest BCUT2D eigenvalue weighted by atomic mass is 16.2. The molecular weight excluding hydrogens is 236 g/mol. The Balaban J connectivity index is 2.34. The lowest BCUT2D eigenvalue weighted by molar-refractivity contribution is -0.119. The number of aryl methyl sites for hydroxylation is 2. The SMILES string of the molecule is Cc1ccc(N2CC(C)(C)CNCCC2=O)c(C)c1. The van der Waals surface area contributed by atoms with Crippen molar-refractivity contribution in [3.63, 3.8) is 0 Å². The second-order valence-corrected chi connectivity index (χ2v) is 6.36. The molecule has 1 heterocycles. The van der Waals surface area contributed by atoms with E-state index in [-0.39, 0.29) is 11.3 Å². The van der Waals surface area contributed by atoms with Crippen molar-refractivity contribution in [2.45, 2.75) is 34.1 Å². The van der Waals surface area contributed by atoms with E-state index >= 15 is 0 Å². The van der Waals surface area contributed by atoms with Crippen molar-refractivity contribution in [3.8, 4) is 0 Å². The highest BCUT2D eigenvalue weighted by molar-refractivity contribution is 5.94. The standard InChI is InChI=1S/C16H24N2O/c1-12-5-6-14(13(2)9-12)18-11-16(3,4)10-17-8-7-15(18)19/h5-6,9,17H,7-8,10-11H2,1-4H3. The van der Waals surface area contributed by atoms with Gasteiger partial charge in [0.25, 0.3) is 0 Å². The van der Waals surface area contributed by atoms with E-state index in [1.807, 2.05) is 4.90 Å². The van der Waals surface area contributed by atoms with Gasteiger partial charge < -0.3 is 10.2 Å². The van der Waals surface area contributed by atoms with E-state index in [0.717, 1.165) is 25.3 Å². The van der Waals surface area contributed by atoms with E-state index in [2.05, 4.69) is 51.2 Å². The second kappa shape index (κ2) is 5.33. The number of benzene rings is 1. The van der Waals surface area contributed by atoms with E-state index in [9.17, 15) is 4.79 Å². The summed E-state index contributed by atoms with van der Waals surface area (Å²) in [6.07, 6.45) is 0.573. The lowest BCUT2D eigenvalue weighted by atomic mass is 9.91. The first-order valence-electron chi connectivity index (χ1n) is 6.97. The summed E-state index contributed by atoms with van der Waals surface area (Å²) in [6.45, 7) is 11.1. The van der Waals surface area contributed by atoms with Gasteiger partial charge in [0.2, 0.25) is 5.91 Å². The third-order valence-corrected chi connectivity index (χ3v) is 3.65. The average Bonchev–Trinajstić information content (AvgIpc) is 2.31. The van der Waals surface area contributed by atoms with Gasteiger partial charge in [-0.25, -0.2) is 0 Å². The second-order valence-electron chi connectivity index (χ2n) is 6.36. The fourth-order valence-corrected chi connectivity index (χ4v) is 2.66. The molecule has 0 bridgehead atoms. The summed E-state index contributed by atoms with van der Waals surface area (Å²) in [5.41, 5.74) is 3.57. The smallest absolute Gasteiger partial charge is 0.228 e. The number of hydrogen-bond donors (Lipinski definition) is 1. The van der Waals surface area contributed by atoms with Crippen LogP contribution < -0.4 is 10.2 Å². The minimum atomic E-state index is 0.0907. The number of hydrogen-bond acceptors (Lipinski definition) is 2. The van der Waals surface area contributed by atoms with Crippen LogP contribution in [0.1, 0.15) is 31.4 Å². The Morgan fingerprint density at radius 2 is 2.00 bits per heavy atom. The fourth-order valence-electron chi connectivity index (χ4n) is 2.66. The molecule has 3 heteroatoms. The van der Waals surface area contributed by atoms with Gasteiger partial charge in [0.15, 0.2) is 0 Å². The predicted molar refractivity (Wildman–Crippen MR) is 79.5 cm³/mol. The molecule has 1 amide bonds. The Kier molecular flexibility index (Phi) is 3.95. The van der Waals surface area contributed by atoms with Crippen molar-refractivity contribution in [2.75, 3.05) is 24.5 Å². The highest BCUT2D eigenvalue weighted by Crippen LogP contribution is 2.27. The first kappa shape index (κ1) is 14.1. The number of nitrogens with zero attached hydrogens (tertiary/aromatic N) is 1. The number of rotatable bonds is 1. The van der Waals surface area contributed by atoms with Crippen molar-refractivity contribution in [1.29, 1.82) is 0 Å². The van der Waals surface area contributed by atoms with Gasteiger partial charge in [-0.15, -0.1) is 0 Å². The molecule has 0 unspecified atom stereocenters. The van der Waals surface area contributed by atoms with Gasteiger partial charge in [0.1, 0.15) is 0 Å². The number of nitrogens with one attached hydrogen (secondary N) is 1. The van der Waals surface area contributed by atoms with Crippen LogP contribution in [0.4, 0.5) is 5.69 Å². The molecule has 3 nitrogen and oxygen atoms in total. The average molecular weight is 260 g/mol. The maximum Gasteiger partial charge on any atom is 0.228 e. The quantitative estimate of drug-likeness (QED) is 0.842. The summed E-state index contributed by atoms with van der Waals surface area (Å²) in [6, 6.07) is 6.31. The zero-order valence-electron chi connectivity index (χ0n) is 12.4. The third kappa shape index (κ3) is 3.35. The van der Waals surface area contributed by atoms with Gasteiger partial charge in [-0.05, 0) is 30.9 Å². The number of anilines is 1. The zero-order valence-corrected chi connectivity index (χ0v) is 12.4. The summed E-state index contributed by atoms with van der Waals surface area (Å²) < 4.78 is 0. The highest BCUT2D eigenvalue weighted by Gasteiger charge is 2.28. The molecule has 1 aromatic rings. The number of amides is 1. The largest absolute Gasteiger partial charge is 0.316 e. The van der Waals surface area contributed by atoms with E-state index in [1.165, 1.54) is 11.1 Å². The van der Waals surface area contributed by atoms with E-state index < -0.39 is 0 Å². The summed E-state index contributed by atoms with van der Waals surface area (Å²) in [7, 11) is 0.